The summed E-state index contributed by atoms with van der Waals surface area (Å²) < 4.78 is 5.28. The summed E-state index contributed by atoms with van der Waals surface area (Å²) in [6.07, 6.45) is 3.83. The van der Waals surface area contributed by atoms with Crippen molar-refractivity contribution in [1.82, 2.24) is 4.90 Å². The SMILES string of the molecule is I.NC(=O)C1CCC(CN=C(N)N2CCOCC2)CC1. The van der Waals surface area contributed by atoms with Crippen LogP contribution in [0.4, 0.5) is 0 Å². The number of primary amides is 1. The second-order valence-electron chi connectivity index (χ2n) is 5.42. The van der Waals surface area contributed by atoms with Crippen molar-refractivity contribution in [1.29, 1.82) is 0 Å². The van der Waals surface area contributed by atoms with E-state index in [1.165, 1.54) is 0 Å². The summed E-state index contributed by atoms with van der Waals surface area (Å²) in [6, 6.07) is 0. The second-order valence-corrected chi connectivity index (χ2v) is 5.42. The molecular formula is C13H25IN4O2. The summed E-state index contributed by atoms with van der Waals surface area (Å²) in [5.41, 5.74) is 11.3. The fourth-order valence-electron chi connectivity index (χ4n) is 2.74. The van der Waals surface area contributed by atoms with Crippen LogP contribution < -0.4 is 11.5 Å². The fraction of sp³-hybridized carbons (Fsp3) is 0.846. The van der Waals surface area contributed by atoms with Gasteiger partial charge in [-0.3, -0.25) is 9.79 Å². The summed E-state index contributed by atoms with van der Waals surface area (Å²) in [7, 11) is 0. The number of amides is 1. The van der Waals surface area contributed by atoms with Gasteiger partial charge in [0, 0.05) is 25.6 Å². The van der Waals surface area contributed by atoms with E-state index < -0.39 is 0 Å². The van der Waals surface area contributed by atoms with Crippen molar-refractivity contribution in [3.05, 3.63) is 0 Å². The minimum Gasteiger partial charge on any atom is -0.378 e. The predicted molar refractivity (Wildman–Crippen MR) is 88.9 cm³/mol. The van der Waals surface area contributed by atoms with Crippen molar-refractivity contribution < 1.29 is 9.53 Å². The summed E-state index contributed by atoms with van der Waals surface area (Å²) in [5.74, 6) is 1.07. The smallest absolute Gasteiger partial charge is 0.220 e. The highest BCUT2D eigenvalue weighted by molar-refractivity contribution is 14.0. The third kappa shape index (κ3) is 5.08. The fourth-order valence-corrected chi connectivity index (χ4v) is 2.74. The van der Waals surface area contributed by atoms with Gasteiger partial charge in [0.2, 0.25) is 5.91 Å². The Morgan fingerprint density at radius 3 is 2.30 bits per heavy atom. The minimum atomic E-state index is -0.158. The molecule has 7 heteroatoms. The maximum absolute atomic E-state index is 11.1. The first-order valence-electron chi connectivity index (χ1n) is 7.08. The number of carbonyl (C=O) groups excluding carboxylic acids is 1. The summed E-state index contributed by atoms with van der Waals surface area (Å²) in [6.45, 7) is 3.85. The minimum absolute atomic E-state index is 0. The van der Waals surface area contributed by atoms with E-state index in [9.17, 15) is 4.79 Å². The highest BCUT2D eigenvalue weighted by Gasteiger charge is 2.24. The number of guanidine groups is 1. The standard InChI is InChI=1S/C13H24N4O2.HI/c14-12(18)11-3-1-10(2-4-11)9-16-13(15)17-5-7-19-8-6-17;/h10-11H,1-9H2,(H2,14,18)(H2,15,16);1H. The molecule has 20 heavy (non-hydrogen) atoms. The Bertz CT molecular complexity index is 337. The van der Waals surface area contributed by atoms with Crippen LogP contribution in [0.3, 0.4) is 0 Å². The van der Waals surface area contributed by atoms with Gasteiger partial charge in [0.1, 0.15) is 0 Å². The van der Waals surface area contributed by atoms with Crippen molar-refractivity contribution in [3.8, 4) is 0 Å². The van der Waals surface area contributed by atoms with Gasteiger partial charge >= 0.3 is 0 Å². The molecule has 116 valence electrons. The van der Waals surface area contributed by atoms with Crippen LogP contribution in [-0.2, 0) is 9.53 Å². The first kappa shape index (κ1) is 17.5. The largest absolute Gasteiger partial charge is 0.378 e. The molecule has 1 amide bonds. The van der Waals surface area contributed by atoms with Crippen LogP contribution in [0.5, 0.6) is 0 Å². The summed E-state index contributed by atoms with van der Waals surface area (Å²) >= 11 is 0. The van der Waals surface area contributed by atoms with Gasteiger partial charge in [0.15, 0.2) is 5.96 Å². The maximum atomic E-state index is 11.1. The molecule has 2 fully saturated rings. The second kappa shape index (κ2) is 8.66. The number of hydrogen-bond donors (Lipinski definition) is 2. The van der Waals surface area contributed by atoms with E-state index in [0.717, 1.165) is 58.5 Å². The maximum Gasteiger partial charge on any atom is 0.220 e. The lowest BCUT2D eigenvalue weighted by atomic mass is 9.82. The van der Waals surface area contributed by atoms with E-state index >= 15 is 0 Å². The molecule has 0 aromatic heterocycles. The molecule has 0 unspecified atom stereocenters. The average molecular weight is 396 g/mol. The summed E-state index contributed by atoms with van der Waals surface area (Å²) in [5, 5.41) is 0. The molecule has 1 heterocycles. The average Bonchev–Trinajstić information content (AvgIpc) is 2.46. The predicted octanol–water partition coefficient (Wildman–Crippen LogP) is 0.543. The van der Waals surface area contributed by atoms with E-state index in [1.54, 1.807) is 0 Å². The van der Waals surface area contributed by atoms with Crippen LogP contribution in [0.1, 0.15) is 25.7 Å². The molecule has 0 bridgehead atoms. The Hall–Kier alpha value is -0.570. The monoisotopic (exact) mass is 396 g/mol. The zero-order valence-corrected chi connectivity index (χ0v) is 14.1. The highest BCUT2D eigenvalue weighted by atomic mass is 127. The number of halogens is 1. The molecule has 0 spiro atoms. The van der Waals surface area contributed by atoms with E-state index in [4.69, 9.17) is 16.2 Å². The first-order valence-corrected chi connectivity index (χ1v) is 7.08. The van der Waals surface area contributed by atoms with Crippen LogP contribution >= 0.6 is 24.0 Å². The molecule has 0 aromatic rings. The third-order valence-electron chi connectivity index (χ3n) is 4.10. The number of carbonyl (C=O) groups is 1. The lowest BCUT2D eigenvalue weighted by Gasteiger charge is -2.29. The van der Waals surface area contributed by atoms with Gasteiger partial charge in [-0.2, -0.15) is 0 Å². The van der Waals surface area contributed by atoms with E-state index in [2.05, 4.69) is 9.89 Å². The van der Waals surface area contributed by atoms with Crippen molar-refractivity contribution in [2.24, 2.45) is 28.3 Å². The van der Waals surface area contributed by atoms with Crippen LogP contribution in [0.25, 0.3) is 0 Å². The van der Waals surface area contributed by atoms with Gasteiger partial charge in [-0.25, -0.2) is 0 Å². The molecule has 1 aliphatic heterocycles. The number of morpholine rings is 1. The normalized spacial score (nSPS) is 27.8. The molecule has 1 aliphatic carbocycles. The molecule has 4 N–H and O–H groups in total. The molecule has 0 aromatic carbocycles. The van der Waals surface area contributed by atoms with Crippen molar-refractivity contribution in [2.75, 3.05) is 32.8 Å². The van der Waals surface area contributed by atoms with Gasteiger partial charge in [-0.15, -0.1) is 24.0 Å². The Kier molecular flexibility index (Phi) is 7.57. The Morgan fingerprint density at radius 1 is 1.15 bits per heavy atom. The molecule has 1 saturated carbocycles. The quantitative estimate of drug-likeness (QED) is 0.414. The van der Waals surface area contributed by atoms with Crippen molar-refractivity contribution >= 4 is 35.8 Å². The number of rotatable bonds is 3. The molecule has 2 aliphatic rings. The van der Waals surface area contributed by atoms with Crippen LogP contribution in [0.2, 0.25) is 0 Å². The zero-order valence-electron chi connectivity index (χ0n) is 11.8. The number of nitrogens with two attached hydrogens (primary N) is 2. The van der Waals surface area contributed by atoms with E-state index in [1.807, 2.05) is 0 Å². The molecule has 2 rings (SSSR count). The first-order chi connectivity index (χ1) is 9.16. The number of aliphatic imine (C=N–C) groups is 1. The lowest BCUT2D eigenvalue weighted by molar-refractivity contribution is -0.122. The molecular weight excluding hydrogens is 371 g/mol. The van der Waals surface area contributed by atoms with Gasteiger partial charge in [-0.1, -0.05) is 0 Å². The van der Waals surface area contributed by atoms with Crippen LogP contribution in [0, 0.1) is 11.8 Å². The van der Waals surface area contributed by atoms with Gasteiger partial charge in [0.05, 0.1) is 13.2 Å². The number of ether oxygens (including phenoxy) is 1. The molecule has 6 nitrogen and oxygen atoms in total. The van der Waals surface area contributed by atoms with Crippen molar-refractivity contribution in [3.63, 3.8) is 0 Å². The van der Waals surface area contributed by atoms with E-state index in [0.29, 0.717) is 11.9 Å². The topological polar surface area (TPSA) is 93.9 Å². The Morgan fingerprint density at radius 2 is 1.75 bits per heavy atom. The number of nitrogens with zero attached hydrogens (tertiary/aromatic N) is 2. The Balaban J connectivity index is 0.00000200. The van der Waals surface area contributed by atoms with Crippen LogP contribution in [0.15, 0.2) is 4.99 Å². The molecule has 0 atom stereocenters. The van der Waals surface area contributed by atoms with Gasteiger partial charge in [0.25, 0.3) is 0 Å². The lowest BCUT2D eigenvalue weighted by Crippen LogP contribution is -2.45. The highest BCUT2D eigenvalue weighted by Crippen LogP contribution is 2.28. The van der Waals surface area contributed by atoms with Crippen molar-refractivity contribution in [2.45, 2.75) is 25.7 Å². The van der Waals surface area contributed by atoms with Gasteiger partial charge < -0.3 is 21.1 Å². The zero-order chi connectivity index (χ0) is 13.7. The van der Waals surface area contributed by atoms with Crippen LogP contribution in [-0.4, -0.2) is 49.6 Å². The number of hydrogen-bond acceptors (Lipinski definition) is 3. The molecule has 0 radical (unpaired) electrons. The summed E-state index contributed by atoms with van der Waals surface area (Å²) in [4.78, 5) is 17.6. The Labute approximate surface area is 137 Å². The molecule has 1 saturated heterocycles. The van der Waals surface area contributed by atoms with Gasteiger partial charge in [-0.05, 0) is 31.6 Å². The third-order valence-corrected chi connectivity index (χ3v) is 4.10. The van der Waals surface area contributed by atoms with E-state index in [-0.39, 0.29) is 35.8 Å².